The van der Waals surface area contributed by atoms with Gasteiger partial charge in [-0.2, -0.15) is 8.78 Å². The minimum Gasteiger partial charge on any atom is -0.356 e. The summed E-state index contributed by atoms with van der Waals surface area (Å²) in [6, 6.07) is 6.25. The zero-order chi connectivity index (χ0) is 16.7. The molecule has 0 aliphatic carbocycles. The standard InChI is InChI=1S/C15H18F3N5.HI/c1-19-15(21-7-6-11-2-4-12(16)5-3-11)22-10-13-20-8-9-23(13)14(17)18;/h2-5,8-9,14H,6-7,10H2,1H3,(H2,19,21,22);1H. The van der Waals surface area contributed by atoms with Gasteiger partial charge in [0.1, 0.15) is 11.6 Å². The van der Waals surface area contributed by atoms with Crippen molar-refractivity contribution >= 4 is 29.9 Å². The predicted molar refractivity (Wildman–Crippen MR) is 97.2 cm³/mol. The van der Waals surface area contributed by atoms with Crippen LogP contribution in [-0.4, -0.2) is 29.1 Å². The molecule has 0 saturated heterocycles. The molecule has 9 heteroatoms. The van der Waals surface area contributed by atoms with Crippen molar-refractivity contribution < 1.29 is 13.2 Å². The maximum Gasteiger partial charge on any atom is 0.319 e. The fourth-order valence-corrected chi connectivity index (χ4v) is 2.02. The van der Waals surface area contributed by atoms with E-state index in [1.165, 1.54) is 24.5 Å². The van der Waals surface area contributed by atoms with Crippen molar-refractivity contribution in [3.05, 3.63) is 53.9 Å². The Hall–Kier alpha value is -1.78. The average Bonchev–Trinajstić information content (AvgIpc) is 3.01. The highest BCUT2D eigenvalue weighted by Crippen LogP contribution is 2.11. The predicted octanol–water partition coefficient (Wildman–Crippen LogP) is 2.94. The molecule has 0 aliphatic heterocycles. The number of alkyl halides is 2. The van der Waals surface area contributed by atoms with Crippen LogP contribution in [-0.2, 0) is 13.0 Å². The van der Waals surface area contributed by atoms with Crippen LogP contribution in [0.15, 0.2) is 41.7 Å². The van der Waals surface area contributed by atoms with Crippen LogP contribution in [0.1, 0.15) is 17.9 Å². The topological polar surface area (TPSA) is 54.2 Å². The number of guanidine groups is 1. The van der Waals surface area contributed by atoms with Gasteiger partial charge in [-0.05, 0) is 24.1 Å². The fourth-order valence-electron chi connectivity index (χ4n) is 2.02. The molecule has 0 aliphatic rings. The second-order valence-corrected chi connectivity index (χ2v) is 4.76. The molecule has 0 atom stereocenters. The SMILES string of the molecule is CN=C(NCCc1ccc(F)cc1)NCc1nccn1C(F)F.I. The number of nitrogens with zero attached hydrogens (tertiary/aromatic N) is 3. The Kier molecular flexibility index (Phi) is 8.58. The van der Waals surface area contributed by atoms with Crippen molar-refractivity contribution in [2.24, 2.45) is 4.99 Å². The third kappa shape index (κ3) is 6.02. The van der Waals surface area contributed by atoms with E-state index in [0.29, 0.717) is 18.9 Å². The van der Waals surface area contributed by atoms with Gasteiger partial charge >= 0.3 is 6.55 Å². The highest BCUT2D eigenvalue weighted by Gasteiger charge is 2.11. The van der Waals surface area contributed by atoms with Crippen molar-refractivity contribution in [3.8, 4) is 0 Å². The first kappa shape index (κ1) is 20.3. The summed E-state index contributed by atoms with van der Waals surface area (Å²) < 4.78 is 39.0. The summed E-state index contributed by atoms with van der Waals surface area (Å²) in [6.45, 7) is -1.91. The number of aromatic nitrogens is 2. The van der Waals surface area contributed by atoms with Crippen LogP contribution in [0.25, 0.3) is 0 Å². The van der Waals surface area contributed by atoms with Gasteiger partial charge in [0, 0.05) is 26.0 Å². The number of hydrogen-bond acceptors (Lipinski definition) is 2. The summed E-state index contributed by atoms with van der Waals surface area (Å²) >= 11 is 0. The molecule has 0 saturated carbocycles. The van der Waals surface area contributed by atoms with Gasteiger partial charge < -0.3 is 10.6 Å². The van der Waals surface area contributed by atoms with Gasteiger partial charge in [0.05, 0.1) is 6.54 Å². The van der Waals surface area contributed by atoms with Crippen LogP contribution in [0.5, 0.6) is 0 Å². The summed E-state index contributed by atoms with van der Waals surface area (Å²) in [5.41, 5.74) is 0.989. The third-order valence-electron chi connectivity index (χ3n) is 3.22. The van der Waals surface area contributed by atoms with Gasteiger partial charge in [0.2, 0.25) is 0 Å². The van der Waals surface area contributed by atoms with Crippen molar-refractivity contribution in [1.82, 2.24) is 20.2 Å². The molecule has 0 bridgehead atoms. The third-order valence-corrected chi connectivity index (χ3v) is 3.22. The molecule has 1 aromatic heterocycles. The lowest BCUT2D eigenvalue weighted by molar-refractivity contribution is 0.0668. The first-order valence-corrected chi connectivity index (χ1v) is 7.09. The Labute approximate surface area is 155 Å². The molecular formula is C15H19F3IN5. The smallest absolute Gasteiger partial charge is 0.319 e. The van der Waals surface area contributed by atoms with Crippen LogP contribution in [0.2, 0.25) is 0 Å². The average molecular weight is 453 g/mol. The molecule has 2 aromatic rings. The number of rotatable bonds is 6. The molecule has 0 spiro atoms. The Bertz CT molecular complexity index is 643. The Balaban J connectivity index is 0.00000288. The molecule has 2 rings (SSSR count). The molecule has 2 N–H and O–H groups in total. The fraction of sp³-hybridized carbons (Fsp3) is 0.333. The lowest BCUT2D eigenvalue weighted by Crippen LogP contribution is -2.38. The molecule has 1 heterocycles. The Morgan fingerprint density at radius 1 is 1.25 bits per heavy atom. The number of aliphatic imine (C=N–C) groups is 1. The van der Waals surface area contributed by atoms with E-state index in [2.05, 4.69) is 20.6 Å². The lowest BCUT2D eigenvalue weighted by atomic mass is 10.1. The van der Waals surface area contributed by atoms with Crippen molar-refractivity contribution in [2.75, 3.05) is 13.6 Å². The lowest BCUT2D eigenvalue weighted by Gasteiger charge is -2.12. The van der Waals surface area contributed by atoms with Crippen LogP contribution in [0.4, 0.5) is 13.2 Å². The van der Waals surface area contributed by atoms with Gasteiger partial charge in [-0.1, -0.05) is 12.1 Å². The number of benzene rings is 1. The van der Waals surface area contributed by atoms with E-state index in [1.807, 2.05) is 0 Å². The first-order chi connectivity index (χ1) is 11.1. The van der Waals surface area contributed by atoms with Gasteiger partial charge in [0.25, 0.3) is 0 Å². The maximum absolute atomic E-state index is 12.8. The Morgan fingerprint density at radius 2 is 1.96 bits per heavy atom. The number of imidazole rings is 1. The summed E-state index contributed by atoms with van der Waals surface area (Å²) in [6.07, 6.45) is 3.24. The van der Waals surface area contributed by atoms with Crippen LogP contribution in [0.3, 0.4) is 0 Å². The molecule has 0 radical (unpaired) electrons. The van der Waals surface area contributed by atoms with E-state index in [0.717, 1.165) is 10.1 Å². The van der Waals surface area contributed by atoms with Crippen molar-refractivity contribution in [3.63, 3.8) is 0 Å². The second kappa shape index (κ2) is 10.2. The molecule has 0 amide bonds. The van der Waals surface area contributed by atoms with E-state index in [1.54, 1.807) is 19.2 Å². The normalized spacial score (nSPS) is 11.3. The van der Waals surface area contributed by atoms with E-state index in [-0.39, 0.29) is 42.2 Å². The van der Waals surface area contributed by atoms with E-state index in [9.17, 15) is 13.2 Å². The summed E-state index contributed by atoms with van der Waals surface area (Å²) in [4.78, 5) is 7.90. The van der Waals surface area contributed by atoms with Gasteiger partial charge in [0.15, 0.2) is 5.96 Å². The number of nitrogens with one attached hydrogen (secondary N) is 2. The zero-order valence-electron chi connectivity index (χ0n) is 13.0. The molecule has 24 heavy (non-hydrogen) atoms. The number of halogens is 4. The molecule has 5 nitrogen and oxygen atoms in total. The van der Waals surface area contributed by atoms with Gasteiger partial charge in [-0.3, -0.25) is 9.56 Å². The summed E-state index contributed by atoms with van der Waals surface area (Å²) in [5.74, 6) is 0.436. The van der Waals surface area contributed by atoms with Crippen molar-refractivity contribution in [2.45, 2.75) is 19.5 Å². The highest BCUT2D eigenvalue weighted by atomic mass is 127. The quantitative estimate of drug-likeness (QED) is 0.402. The minimum atomic E-state index is -2.62. The molecular weight excluding hydrogens is 434 g/mol. The van der Waals surface area contributed by atoms with E-state index in [4.69, 9.17) is 0 Å². The van der Waals surface area contributed by atoms with Gasteiger partial charge in [-0.25, -0.2) is 9.37 Å². The molecule has 132 valence electrons. The van der Waals surface area contributed by atoms with E-state index >= 15 is 0 Å². The first-order valence-electron chi connectivity index (χ1n) is 7.09. The second-order valence-electron chi connectivity index (χ2n) is 4.76. The van der Waals surface area contributed by atoms with Crippen LogP contribution >= 0.6 is 24.0 Å². The molecule has 0 unspecified atom stereocenters. The minimum absolute atomic E-state index is 0. The summed E-state index contributed by atoms with van der Waals surface area (Å²) in [7, 11) is 1.59. The van der Waals surface area contributed by atoms with Crippen LogP contribution < -0.4 is 10.6 Å². The summed E-state index contributed by atoms with van der Waals surface area (Å²) in [5, 5.41) is 5.99. The largest absolute Gasteiger partial charge is 0.356 e. The maximum atomic E-state index is 12.8. The Morgan fingerprint density at radius 3 is 2.58 bits per heavy atom. The zero-order valence-corrected chi connectivity index (χ0v) is 15.4. The monoisotopic (exact) mass is 453 g/mol. The van der Waals surface area contributed by atoms with Crippen LogP contribution in [0, 0.1) is 5.82 Å². The molecule has 0 fully saturated rings. The van der Waals surface area contributed by atoms with E-state index < -0.39 is 6.55 Å². The van der Waals surface area contributed by atoms with Crippen molar-refractivity contribution in [1.29, 1.82) is 0 Å². The number of hydrogen-bond donors (Lipinski definition) is 2. The van der Waals surface area contributed by atoms with Gasteiger partial charge in [-0.15, -0.1) is 24.0 Å². The highest BCUT2D eigenvalue weighted by molar-refractivity contribution is 14.0. The molecule has 1 aromatic carbocycles.